The van der Waals surface area contributed by atoms with Crippen molar-refractivity contribution >= 4 is 11.6 Å². The molecule has 28 heavy (non-hydrogen) atoms. The number of hydrogen-bond acceptors (Lipinski definition) is 3. The highest BCUT2D eigenvalue weighted by Crippen LogP contribution is 2.35. The fourth-order valence-corrected chi connectivity index (χ4v) is 4.38. The smallest absolute Gasteiger partial charge is 0.255 e. The summed E-state index contributed by atoms with van der Waals surface area (Å²) < 4.78 is 6.29. The third kappa shape index (κ3) is 4.13. The molecule has 2 aliphatic rings. The number of para-hydroxylation sites is 1. The lowest BCUT2D eigenvalue weighted by atomic mass is 9.88. The van der Waals surface area contributed by atoms with Gasteiger partial charge in [0.15, 0.2) is 0 Å². The zero-order valence-corrected chi connectivity index (χ0v) is 16.9. The van der Waals surface area contributed by atoms with Crippen molar-refractivity contribution in [1.29, 1.82) is 0 Å². The van der Waals surface area contributed by atoms with Crippen molar-refractivity contribution in [1.82, 2.24) is 4.90 Å². The predicted octanol–water partition coefficient (Wildman–Crippen LogP) is 3.82. The van der Waals surface area contributed by atoms with Crippen LogP contribution in [-0.2, 0) is 16.0 Å². The average Bonchev–Trinajstić information content (AvgIpc) is 2.72. The Morgan fingerprint density at radius 3 is 2.39 bits per heavy atom. The molecule has 0 radical (unpaired) electrons. The second-order valence-electron chi connectivity index (χ2n) is 8.28. The van der Waals surface area contributed by atoms with E-state index in [0.29, 0.717) is 6.54 Å². The Kier molecular flexibility index (Phi) is 5.51. The van der Waals surface area contributed by atoms with Crippen molar-refractivity contribution in [3.63, 3.8) is 0 Å². The molecule has 0 N–H and O–H groups in total. The van der Waals surface area contributed by atoms with E-state index in [-0.39, 0.29) is 17.6 Å². The normalized spacial score (nSPS) is 22.6. The molecule has 1 spiro atoms. The molecule has 2 aliphatic heterocycles. The summed E-state index contributed by atoms with van der Waals surface area (Å²) in [7, 11) is 0. The van der Waals surface area contributed by atoms with E-state index in [4.69, 9.17) is 4.74 Å². The maximum atomic E-state index is 12.7. The van der Waals surface area contributed by atoms with Gasteiger partial charge >= 0.3 is 0 Å². The largest absolute Gasteiger partial charge is 0.360 e. The Hall–Kier alpha value is -2.17. The van der Waals surface area contributed by atoms with Crippen molar-refractivity contribution in [2.45, 2.75) is 44.8 Å². The van der Waals surface area contributed by atoms with Gasteiger partial charge in [0, 0.05) is 25.3 Å². The van der Waals surface area contributed by atoms with Crippen LogP contribution >= 0.6 is 0 Å². The van der Waals surface area contributed by atoms with Gasteiger partial charge in [0.2, 0.25) is 0 Å². The number of nitrogens with zero attached hydrogens (tertiary/aromatic N) is 2. The first-order chi connectivity index (χ1) is 13.5. The molecular formula is C24H30N2O2. The van der Waals surface area contributed by atoms with E-state index < -0.39 is 0 Å². The number of ether oxygens (including phenoxy) is 1. The van der Waals surface area contributed by atoms with Gasteiger partial charge < -0.3 is 14.5 Å². The van der Waals surface area contributed by atoms with Crippen LogP contribution in [-0.4, -0.2) is 48.7 Å². The summed E-state index contributed by atoms with van der Waals surface area (Å²) in [4.78, 5) is 17.1. The van der Waals surface area contributed by atoms with E-state index >= 15 is 0 Å². The molecule has 2 fully saturated rings. The lowest BCUT2D eigenvalue weighted by Crippen LogP contribution is -2.61. The van der Waals surface area contributed by atoms with Gasteiger partial charge in [-0.25, -0.2) is 0 Å². The van der Waals surface area contributed by atoms with Crippen LogP contribution in [0.4, 0.5) is 5.69 Å². The summed E-state index contributed by atoms with van der Waals surface area (Å²) in [6.45, 7) is 7.80. The Morgan fingerprint density at radius 1 is 1.04 bits per heavy atom. The van der Waals surface area contributed by atoms with Crippen molar-refractivity contribution in [3.8, 4) is 0 Å². The Labute approximate surface area is 168 Å². The number of likely N-dealkylation sites (tertiary alicyclic amines) is 1. The van der Waals surface area contributed by atoms with Gasteiger partial charge in [0.05, 0.1) is 12.1 Å². The topological polar surface area (TPSA) is 32.8 Å². The molecule has 148 valence electrons. The summed E-state index contributed by atoms with van der Waals surface area (Å²) in [6.07, 6.45) is 2.65. The minimum absolute atomic E-state index is 0.0682. The molecule has 0 aliphatic carbocycles. The van der Waals surface area contributed by atoms with Gasteiger partial charge in [-0.15, -0.1) is 0 Å². The summed E-state index contributed by atoms with van der Waals surface area (Å²) in [5.74, 6) is 0.0682. The quantitative estimate of drug-likeness (QED) is 0.811. The van der Waals surface area contributed by atoms with Crippen LogP contribution in [0, 0.1) is 6.92 Å². The maximum Gasteiger partial charge on any atom is 0.255 e. The second kappa shape index (κ2) is 8.06. The molecule has 2 saturated heterocycles. The van der Waals surface area contributed by atoms with Gasteiger partial charge in [-0.2, -0.15) is 0 Å². The van der Waals surface area contributed by atoms with Crippen LogP contribution in [0.5, 0.6) is 0 Å². The number of amides is 1. The first kappa shape index (κ1) is 19.2. The molecule has 4 nitrogen and oxygen atoms in total. The number of carbonyl (C=O) groups is 1. The summed E-state index contributed by atoms with van der Waals surface area (Å²) in [6, 6.07) is 18.8. The van der Waals surface area contributed by atoms with Crippen LogP contribution in [0.15, 0.2) is 54.6 Å². The lowest BCUT2D eigenvalue weighted by Gasteiger charge is -2.49. The van der Waals surface area contributed by atoms with E-state index in [2.05, 4.69) is 36.1 Å². The van der Waals surface area contributed by atoms with Gasteiger partial charge in [0.1, 0.15) is 6.10 Å². The van der Waals surface area contributed by atoms with Crippen LogP contribution < -0.4 is 4.90 Å². The number of aryl methyl sites for hydroxylation is 1. The Bertz CT molecular complexity index is 795. The van der Waals surface area contributed by atoms with Crippen molar-refractivity contribution < 1.29 is 9.53 Å². The number of morpholine rings is 1. The average molecular weight is 379 g/mol. The molecule has 4 rings (SSSR count). The van der Waals surface area contributed by atoms with Crippen LogP contribution in [0.1, 0.15) is 30.9 Å². The third-order valence-corrected chi connectivity index (χ3v) is 6.16. The molecule has 2 heterocycles. The summed E-state index contributed by atoms with van der Waals surface area (Å²) in [5, 5.41) is 0. The fraction of sp³-hybridized carbons (Fsp3) is 0.458. The van der Waals surface area contributed by atoms with E-state index in [9.17, 15) is 4.79 Å². The Morgan fingerprint density at radius 2 is 1.71 bits per heavy atom. The van der Waals surface area contributed by atoms with E-state index in [1.807, 2.05) is 42.2 Å². The van der Waals surface area contributed by atoms with Gasteiger partial charge in [-0.3, -0.25) is 4.79 Å². The molecule has 0 bridgehead atoms. The van der Waals surface area contributed by atoms with Crippen LogP contribution in [0.2, 0.25) is 0 Å². The van der Waals surface area contributed by atoms with Gasteiger partial charge in [0.25, 0.3) is 5.91 Å². The number of carbonyl (C=O) groups excluding carboxylic acids is 1. The predicted molar refractivity (Wildman–Crippen MR) is 113 cm³/mol. The standard InChI is InChI=1S/C24H30N2O2/c1-19-8-10-21(11-9-19)12-15-25-16-13-24(14-17-25)18-26(23(27)20(2)28-24)22-6-4-3-5-7-22/h3-11,20H,12-18H2,1-2H3. The van der Waals surface area contributed by atoms with E-state index in [0.717, 1.165) is 44.6 Å². The van der Waals surface area contributed by atoms with Gasteiger partial charge in [-0.05, 0) is 50.8 Å². The highest BCUT2D eigenvalue weighted by Gasteiger charge is 2.45. The number of anilines is 1. The lowest BCUT2D eigenvalue weighted by molar-refractivity contribution is -0.161. The minimum Gasteiger partial charge on any atom is -0.360 e. The number of piperidine rings is 1. The van der Waals surface area contributed by atoms with Crippen LogP contribution in [0.25, 0.3) is 0 Å². The number of benzene rings is 2. The highest BCUT2D eigenvalue weighted by atomic mass is 16.5. The molecule has 2 aromatic rings. The first-order valence-corrected chi connectivity index (χ1v) is 10.4. The molecular weight excluding hydrogens is 348 g/mol. The van der Waals surface area contributed by atoms with E-state index in [1.54, 1.807) is 0 Å². The maximum absolute atomic E-state index is 12.7. The highest BCUT2D eigenvalue weighted by molar-refractivity contribution is 5.97. The van der Waals surface area contributed by atoms with E-state index in [1.165, 1.54) is 11.1 Å². The molecule has 1 amide bonds. The Balaban J connectivity index is 1.37. The monoisotopic (exact) mass is 378 g/mol. The number of rotatable bonds is 4. The minimum atomic E-state index is -0.381. The first-order valence-electron chi connectivity index (χ1n) is 10.4. The zero-order chi connectivity index (χ0) is 19.6. The molecule has 0 aromatic heterocycles. The molecule has 1 unspecified atom stereocenters. The molecule has 4 heteroatoms. The van der Waals surface area contributed by atoms with Crippen LogP contribution in [0.3, 0.4) is 0 Å². The fourth-order valence-electron chi connectivity index (χ4n) is 4.38. The second-order valence-corrected chi connectivity index (χ2v) is 8.28. The molecule has 2 aromatic carbocycles. The van der Waals surface area contributed by atoms with Crippen molar-refractivity contribution in [2.75, 3.05) is 31.1 Å². The van der Waals surface area contributed by atoms with Crippen molar-refractivity contribution in [3.05, 3.63) is 65.7 Å². The SMILES string of the molecule is Cc1ccc(CCN2CCC3(CC2)CN(c2ccccc2)C(=O)C(C)O3)cc1. The molecule has 0 saturated carbocycles. The van der Waals surface area contributed by atoms with Gasteiger partial charge in [-0.1, -0.05) is 48.0 Å². The zero-order valence-electron chi connectivity index (χ0n) is 16.9. The third-order valence-electron chi connectivity index (χ3n) is 6.16. The summed E-state index contributed by atoms with van der Waals surface area (Å²) >= 11 is 0. The summed E-state index contributed by atoms with van der Waals surface area (Å²) in [5.41, 5.74) is 3.46. The molecule has 1 atom stereocenters. The number of hydrogen-bond donors (Lipinski definition) is 0. The van der Waals surface area contributed by atoms with Crippen molar-refractivity contribution in [2.24, 2.45) is 0 Å².